The summed E-state index contributed by atoms with van der Waals surface area (Å²) in [5, 5.41) is 11.6. The molecule has 0 fully saturated rings. The van der Waals surface area contributed by atoms with Crippen molar-refractivity contribution < 1.29 is 9.15 Å². The molecule has 1 heterocycles. The smallest absolute Gasteiger partial charge is 0.220 e. The molecular formula is C16H23N3O2. The van der Waals surface area contributed by atoms with E-state index in [-0.39, 0.29) is 0 Å². The van der Waals surface area contributed by atoms with Gasteiger partial charge < -0.3 is 14.5 Å². The van der Waals surface area contributed by atoms with Gasteiger partial charge in [0.25, 0.3) is 0 Å². The van der Waals surface area contributed by atoms with Gasteiger partial charge in [0.05, 0.1) is 13.5 Å². The van der Waals surface area contributed by atoms with Crippen molar-refractivity contribution in [2.45, 2.75) is 32.6 Å². The second-order valence-electron chi connectivity index (χ2n) is 4.97. The van der Waals surface area contributed by atoms with Crippen LogP contribution in [0, 0.1) is 0 Å². The summed E-state index contributed by atoms with van der Waals surface area (Å²) in [6.07, 6.45) is 3.63. The van der Waals surface area contributed by atoms with Gasteiger partial charge in [0.1, 0.15) is 5.75 Å². The summed E-state index contributed by atoms with van der Waals surface area (Å²) in [5.74, 6) is 2.21. The predicted molar refractivity (Wildman–Crippen MR) is 81.6 cm³/mol. The first-order chi connectivity index (χ1) is 10.3. The van der Waals surface area contributed by atoms with Crippen LogP contribution in [0.25, 0.3) is 0 Å². The van der Waals surface area contributed by atoms with Crippen molar-refractivity contribution in [3.63, 3.8) is 0 Å². The van der Waals surface area contributed by atoms with Gasteiger partial charge >= 0.3 is 0 Å². The van der Waals surface area contributed by atoms with Gasteiger partial charge in [-0.1, -0.05) is 19.1 Å². The highest BCUT2D eigenvalue weighted by atomic mass is 16.5. The van der Waals surface area contributed by atoms with Crippen molar-refractivity contribution in [3.8, 4) is 5.75 Å². The van der Waals surface area contributed by atoms with Gasteiger partial charge in [-0.3, -0.25) is 0 Å². The van der Waals surface area contributed by atoms with Gasteiger partial charge in [-0.15, -0.1) is 10.2 Å². The molecule has 1 N–H and O–H groups in total. The van der Waals surface area contributed by atoms with Crippen LogP contribution < -0.4 is 10.1 Å². The third-order valence-electron chi connectivity index (χ3n) is 3.17. The van der Waals surface area contributed by atoms with Gasteiger partial charge in [0, 0.05) is 6.42 Å². The van der Waals surface area contributed by atoms with Gasteiger partial charge in [-0.2, -0.15) is 0 Å². The van der Waals surface area contributed by atoms with Crippen molar-refractivity contribution in [2.24, 2.45) is 0 Å². The second kappa shape index (κ2) is 8.42. The molecule has 0 aliphatic rings. The number of aromatic nitrogens is 2. The van der Waals surface area contributed by atoms with E-state index in [9.17, 15) is 0 Å². The lowest BCUT2D eigenvalue weighted by molar-refractivity contribution is 0.414. The van der Waals surface area contributed by atoms with Gasteiger partial charge in [0.15, 0.2) is 0 Å². The van der Waals surface area contributed by atoms with Crippen molar-refractivity contribution in [2.75, 3.05) is 20.2 Å². The molecule has 0 radical (unpaired) electrons. The molecule has 0 atom stereocenters. The van der Waals surface area contributed by atoms with E-state index in [2.05, 4.69) is 22.4 Å². The normalized spacial score (nSPS) is 10.8. The number of ether oxygens (including phenoxy) is 1. The van der Waals surface area contributed by atoms with Crippen LogP contribution >= 0.6 is 0 Å². The molecule has 0 saturated carbocycles. The number of benzene rings is 1. The molecule has 1 aromatic heterocycles. The number of rotatable bonds is 9. The Bertz CT molecular complexity index is 540. The van der Waals surface area contributed by atoms with E-state index < -0.39 is 0 Å². The number of hydrogen-bond donors (Lipinski definition) is 1. The largest absolute Gasteiger partial charge is 0.497 e. The number of methoxy groups -OCH3 is 1. The maximum absolute atomic E-state index is 5.68. The monoisotopic (exact) mass is 289 g/mol. The van der Waals surface area contributed by atoms with E-state index in [0.717, 1.165) is 43.7 Å². The maximum atomic E-state index is 5.68. The van der Waals surface area contributed by atoms with Crippen molar-refractivity contribution in [1.29, 1.82) is 0 Å². The SMILES string of the molecule is CCCNCCCc1nnc(Cc2cccc(OC)c2)o1. The Kier molecular flexibility index (Phi) is 6.22. The lowest BCUT2D eigenvalue weighted by Gasteiger charge is -2.02. The van der Waals surface area contributed by atoms with Gasteiger partial charge in [0.2, 0.25) is 11.8 Å². The van der Waals surface area contributed by atoms with Gasteiger partial charge in [-0.25, -0.2) is 0 Å². The number of hydrogen-bond acceptors (Lipinski definition) is 5. The molecule has 2 rings (SSSR count). The van der Waals surface area contributed by atoms with E-state index in [1.807, 2.05) is 24.3 Å². The zero-order chi connectivity index (χ0) is 14.9. The summed E-state index contributed by atoms with van der Waals surface area (Å²) in [5.41, 5.74) is 1.11. The Morgan fingerprint density at radius 1 is 1.19 bits per heavy atom. The fraction of sp³-hybridized carbons (Fsp3) is 0.500. The first-order valence-corrected chi connectivity index (χ1v) is 7.46. The number of aryl methyl sites for hydroxylation is 1. The first kappa shape index (κ1) is 15.5. The van der Waals surface area contributed by atoms with E-state index in [0.29, 0.717) is 18.2 Å². The summed E-state index contributed by atoms with van der Waals surface area (Å²) in [7, 11) is 1.66. The van der Waals surface area contributed by atoms with Crippen LogP contribution in [0.1, 0.15) is 37.1 Å². The Labute approximate surface area is 125 Å². The third-order valence-corrected chi connectivity index (χ3v) is 3.17. The van der Waals surface area contributed by atoms with Crippen LogP contribution in [0.3, 0.4) is 0 Å². The highest BCUT2D eigenvalue weighted by Gasteiger charge is 2.07. The zero-order valence-corrected chi connectivity index (χ0v) is 12.8. The van der Waals surface area contributed by atoms with E-state index >= 15 is 0 Å². The quantitative estimate of drug-likeness (QED) is 0.719. The zero-order valence-electron chi connectivity index (χ0n) is 12.8. The van der Waals surface area contributed by atoms with Crippen LogP contribution in [-0.2, 0) is 12.8 Å². The molecule has 0 spiro atoms. The summed E-state index contributed by atoms with van der Waals surface area (Å²) in [4.78, 5) is 0. The Hall–Kier alpha value is -1.88. The summed E-state index contributed by atoms with van der Waals surface area (Å²) in [6.45, 7) is 4.21. The summed E-state index contributed by atoms with van der Waals surface area (Å²) in [6, 6.07) is 7.90. The van der Waals surface area contributed by atoms with E-state index in [4.69, 9.17) is 9.15 Å². The molecule has 2 aromatic rings. The van der Waals surface area contributed by atoms with Crippen LogP contribution in [0.2, 0.25) is 0 Å². The first-order valence-electron chi connectivity index (χ1n) is 7.46. The predicted octanol–water partition coefficient (Wildman–Crippen LogP) is 2.60. The Morgan fingerprint density at radius 2 is 2.05 bits per heavy atom. The van der Waals surface area contributed by atoms with Crippen LogP contribution in [0.15, 0.2) is 28.7 Å². The molecule has 1 aromatic carbocycles. The Morgan fingerprint density at radius 3 is 2.86 bits per heavy atom. The standard InChI is InChI=1S/C16H23N3O2/c1-3-9-17-10-5-8-15-18-19-16(21-15)12-13-6-4-7-14(11-13)20-2/h4,6-7,11,17H,3,5,8-10,12H2,1-2H3. The molecule has 0 bridgehead atoms. The molecule has 0 unspecified atom stereocenters. The average molecular weight is 289 g/mol. The van der Waals surface area contributed by atoms with E-state index in [1.165, 1.54) is 0 Å². The van der Waals surface area contributed by atoms with Crippen LogP contribution in [-0.4, -0.2) is 30.4 Å². The molecule has 114 valence electrons. The van der Waals surface area contributed by atoms with Crippen molar-refractivity contribution in [3.05, 3.63) is 41.6 Å². The molecule has 5 nitrogen and oxygen atoms in total. The maximum Gasteiger partial charge on any atom is 0.220 e. The third kappa shape index (κ3) is 5.19. The highest BCUT2D eigenvalue weighted by molar-refractivity contribution is 5.29. The molecule has 21 heavy (non-hydrogen) atoms. The lowest BCUT2D eigenvalue weighted by Crippen LogP contribution is -2.16. The fourth-order valence-corrected chi connectivity index (χ4v) is 2.08. The van der Waals surface area contributed by atoms with Crippen LogP contribution in [0.4, 0.5) is 0 Å². The van der Waals surface area contributed by atoms with E-state index in [1.54, 1.807) is 7.11 Å². The minimum atomic E-state index is 0.637. The number of nitrogens with one attached hydrogen (secondary N) is 1. The average Bonchev–Trinajstić information content (AvgIpc) is 2.95. The minimum absolute atomic E-state index is 0.637. The highest BCUT2D eigenvalue weighted by Crippen LogP contribution is 2.15. The van der Waals surface area contributed by atoms with Gasteiger partial charge in [-0.05, 0) is 43.6 Å². The van der Waals surface area contributed by atoms with Crippen LogP contribution in [0.5, 0.6) is 5.75 Å². The molecule has 0 aliphatic carbocycles. The molecular weight excluding hydrogens is 266 g/mol. The number of nitrogens with zero attached hydrogens (tertiary/aromatic N) is 2. The lowest BCUT2D eigenvalue weighted by atomic mass is 10.1. The second-order valence-corrected chi connectivity index (χ2v) is 4.97. The van der Waals surface area contributed by atoms with Crippen molar-refractivity contribution >= 4 is 0 Å². The Balaban J connectivity index is 1.82. The van der Waals surface area contributed by atoms with Crippen molar-refractivity contribution in [1.82, 2.24) is 15.5 Å². The fourth-order valence-electron chi connectivity index (χ4n) is 2.08. The topological polar surface area (TPSA) is 60.2 Å². The molecule has 0 amide bonds. The summed E-state index contributed by atoms with van der Waals surface area (Å²) < 4.78 is 10.9. The molecule has 0 aliphatic heterocycles. The summed E-state index contributed by atoms with van der Waals surface area (Å²) >= 11 is 0. The molecule has 5 heteroatoms. The molecule has 0 saturated heterocycles. The minimum Gasteiger partial charge on any atom is -0.497 e.